The van der Waals surface area contributed by atoms with E-state index in [0.717, 1.165) is 0 Å². The monoisotopic (exact) mass is 288 g/mol. The average molecular weight is 288 g/mol. The summed E-state index contributed by atoms with van der Waals surface area (Å²) in [5, 5.41) is 18.6. The smallest absolute Gasteiger partial charge is 0.222 e. The van der Waals surface area contributed by atoms with Gasteiger partial charge in [0.1, 0.15) is 11.6 Å². The average Bonchev–Trinajstić information content (AvgIpc) is 2.98. The molecule has 3 aromatic rings. The van der Waals surface area contributed by atoms with E-state index in [9.17, 15) is 4.39 Å². The summed E-state index contributed by atoms with van der Waals surface area (Å²) in [4.78, 5) is 8.04. The summed E-state index contributed by atoms with van der Waals surface area (Å²) in [7, 11) is 0. The third-order valence-corrected chi connectivity index (χ3v) is 2.97. The molecule has 0 atom stereocenters. The first-order valence-electron chi connectivity index (χ1n) is 6.30. The van der Waals surface area contributed by atoms with Crippen LogP contribution < -0.4 is 11.1 Å². The molecule has 0 saturated heterocycles. The number of nitrogens with one attached hydrogen (secondary N) is 2. The minimum absolute atomic E-state index is 0.0292. The van der Waals surface area contributed by atoms with Gasteiger partial charge in [0.2, 0.25) is 5.95 Å². The highest BCUT2D eigenvalue weighted by molar-refractivity contribution is 5.93. The Balaban J connectivity index is 2.19. The van der Waals surface area contributed by atoms with E-state index >= 15 is 0 Å². The van der Waals surface area contributed by atoms with Crippen LogP contribution in [0.4, 0.5) is 16.2 Å². The van der Waals surface area contributed by atoms with Gasteiger partial charge in [-0.05, 0) is 18.2 Å². The number of hydrogen-bond donors (Lipinski definition) is 4. The van der Waals surface area contributed by atoms with Crippen molar-refractivity contribution >= 4 is 22.7 Å². The predicted octanol–water partition coefficient (Wildman–Crippen LogP) is 1.15. The van der Waals surface area contributed by atoms with Gasteiger partial charge in [0.25, 0.3) is 0 Å². The molecule has 0 aliphatic heterocycles. The maximum absolute atomic E-state index is 14.4. The summed E-state index contributed by atoms with van der Waals surface area (Å²) in [6, 6.07) is 4.79. The molecule has 0 saturated carbocycles. The van der Waals surface area contributed by atoms with E-state index in [2.05, 4.69) is 25.5 Å². The molecule has 0 bridgehead atoms. The van der Waals surface area contributed by atoms with Crippen molar-refractivity contribution in [3.05, 3.63) is 30.2 Å². The summed E-state index contributed by atoms with van der Waals surface area (Å²) in [6.07, 6.45) is 1.65. The van der Waals surface area contributed by atoms with Crippen LogP contribution in [-0.2, 0) is 0 Å². The van der Waals surface area contributed by atoms with Crippen LogP contribution in [0.25, 0.3) is 22.2 Å². The van der Waals surface area contributed by atoms with E-state index in [1.165, 1.54) is 6.07 Å². The normalized spacial score (nSPS) is 11.0. The molecule has 8 heteroatoms. The second-order valence-corrected chi connectivity index (χ2v) is 4.39. The minimum atomic E-state index is -0.481. The van der Waals surface area contributed by atoms with Gasteiger partial charge < -0.3 is 16.2 Å². The summed E-state index contributed by atoms with van der Waals surface area (Å²) in [6.45, 7) is 0.143. The van der Waals surface area contributed by atoms with Crippen molar-refractivity contribution in [1.29, 1.82) is 0 Å². The van der Waals surface area contributed by atoms with Crippen LogP contribution in [-0.4, -0.2) is 38.4 Å². The predicted molar refractivity (Wildman–Crippen MR) is 77.1 cm³/mol. The number of halogens is 1. The van der Waals surface area contributed by atoms with Gasteiger partial charge in [-0.15, -0.1) is 0 Å². The molecule has 0 spiro atoms. The van der Waals surface area contributed by atoms with Crippen molar-refractivity contribution < 1.29 is 9.50 Å². The third-order valence-electron chi connectivity index (χ3n) is 2.97. The molecule has 0 aliphatic carbocycles. The number of rotatable bonds is 4. The third kappa shape index (κ3) is 2.48. The van der Waals surface area contributed by atoms with Crippen LogP contribution in [0.3, 0.4) is 0 Å². The summed E-state index contributed by atoms with van der Waals surface area (Å²) in [5.74, 6) is -0.190. The molecule has 0 amide bonds. The lowest BCUT2D eigenvalue weighted by Crippen LogP contribution is -2.10. The highest BCUT2D eigenvalue weighted by Crippen LogP contribution is 2.29. The van der Waals surface area contributed by atoms with Crippen molar-refractivity contribution in [3.8, 4) is 11.3 Å². The topological polar surface area (TPSA) is 113 Å². The SMILES string of the molecule is Nc1nc(NCCO)c2c(F)cc(-c3cc[nH]n3)cc2n1. The van der Waals surface area contributed by atoms with Crippen molar-refractivity contribution in [1.82, 2.24) is 20.2 Å². The number of nitrogens with zero attached hydrogens (tertiary/aromatic N) is 3. The van der Waals surface area contributed by atoms with Crippen LogP contribution >= 0.6 is 0 Å². The lowest BCUT2D eigenvalue weighted by Gasteiger charge is -2.10. The molecule has 1 aromatic carbocycles. The number of nitrogen functional groups attached to an aromatic ring is 1. The summed E-state index contributed by atoms with van der Waals surface area (Å²) < 4.78 is 14.4. The maximum atomic E-state index is 14.4. The van der Waals surface area contributed by atoms with Crippen molar-refractivity contribution in [2.24, 2.45) is 0 Å². The highest BCUT2D eigenvalue weighted by Gasteiger charge is 2.14. The first-order chi connectivity index (χ1) is 10.2. The zero-order chi connectivity index (χ0) is 14.8. The van der Waals surface area contributed by atoms with Gasteiger partial charge in [0, 0.05) is 18.3 Å². The Bertz CT molecular complexity index is 774. The van der Waals surface area contributed by atoms with E-state index in [1.54, 1.807) is 18.3 Å². The van der Waals surface area contributed by atoms with E-state index in [4.69, 9.17) is 10.8 Å². The van der Waals surface area contributed by atoms with E-state index in [1.807, 2.05) is 0 Å². The quantitative estimate of drug-likeness (QED) is 0.572. The molecular weight excluding hydrogens is 275 g/mol. The molecule has 21 heavy (non-hydrogen) atoms. The van der Waals surface area contributed by atoms with E-state index in [0.29, 0.717) is 16.8 Å². The van der Waals surface area contributed by atoms with Gasteiger partial charge in [-0.1, -0.05) is 0 Å². The van der Waals surface area contributed by atoms with Crippen LogP contribution in [0.2, 0.25) is 0 Å². The number of hydrogen-bond acceptors (Lipinski definition) is 6. The van der Waals surface area contributed by atoms with E-state index < -0.39 is 5.82 Å². The fraction of sp³-hybridized carbons (Fsp3) is 0.154. The number of aliphatic hydroxyl groups excluding tert-OH is 1. The molecule has 2 aromatic heterocycles. The minimum Gasteiger partial charge on any atom is -0.395 e. The Hall–Kier alpha value is -2.74. The van der Waals surface area contributed by atoms with Gasteiger partial charge in [-0.2, -0.15) is 10.1 Å². The summed E-state index contributed by atoms with van der Waals surface area (Å²) >= 11 is 0. The van der Waals surface area contributed by atoms with Crippen LogP contribution in [0.1, 0.15) is 0 Å². The van der Waals surface area contributed by atoms with Crippen LogP contribution in [0.5, 0.6) is 0 Å². The lowest BCUT2D eigenvalue weighted by atomic mass is 10.1. The number of fused-ring (bicyclic) bond motifs is 1. The Labute approximate surface area is 119 Å². The number of aromatic nitrogens is 4. The standard InChI is InChI=1S/C13H13FN6O/c14-8-5-7(9-1-2-17-20-9)6-10-11(8)12(16-3-4-21)19-13(15)18-10/h1-2,5-6,21H,3-4H2,(H,17,20)(H3,15,16,18,19). The number of benzene rings is 1. The Morgan fingerprint density at radius 2 is 2.19 bits per heavy atom. The van der Waals surface area contributed by atoms with Gasteiger partial charge in [-0.25, -0.2) is 9.37 Å². The van der Waals surface area contributed by atoms with Crippen LogP contribution in [0, 0.1) is 5.82 Å². The number of H-pyrrole nitrogens is 1. The molecule has 5 N–H and O–H groups in total. The molecule has 0 radical (unpaired) electrons. The first kappa shape index (κ1) is 13.3. The maximum Gasteiger partial charge on any atom is 0.222 e. The highest BCUT2D eigenvalue weighted by atomic mass is 19.1. The van der Waals surface area contributed by atoms with Crippen molar-refractivity contribution in [2.75, 3.05) is 24.2 Å². The fourth-order valence-electron chi connectivity index (χ4n) is 2.10. The first-order valence-corrected chi connectivity index (χ1v) is 6.30. The van der Waals surface area contributed by atoms with Gasteiger partial charge in [0.15, 0.2) is 0 Å². The number of nitrogens with two attached hydrogens (primary N) is 1. The van der Waals surface area contributed by atoms with Gasteiger partial charge in [0.05, 0.1) is 23.2 Å². The number of aromatic amines is 1. The molecule has 3 rings (SSSR count). The molecule has 108 valence electrons. The molecule has 0 fully saturated rings. The zero-order valence-electron chi connectivity index (χ0n) is 11.0. The van der Waals surface area contributed by atoms with Gasteiger partial charge >= 0.3 is 0 Å². The Morgan fingerprint density at radius 1 is 1.33 bits per heavy atom. The largest absolute Gasteiger partial charge is 0.395 e. The molecule has 0 unspecified atom stereocenters. The summed E-state index contributed by atoms with van der Waals surface area (Å²) in [5.41, 5.74) is 7.22. The lowest BCUT2D eigenvalue weighted by molar-refractivity contribution is 0.311. The Kier molecular flexibility index (Phi) is 3.36. The van der Waals surface area contributed by atoms with Crippen LogP contribution in [0.15, 0.2) is 24.4 Å². The molecule has 0 aliphatic rings. The number of anilines is 2. The molecule has 2 heterocycles. The van der Waals surface area contributed by atoms with Crippen molar-refractivity contribution in [3.63, 3.8) is 0 Å². The fourth-order valence-corrected chi connectivity index (χ4v) is 2.10. The zero-order valence-corrected chi connectivity index (χ0v) is 11.0. The van der Waals surface area contributed by atoms with Gasteiger partial charge in [-0.3, -0.25) is 5.10 Å². The molecule has 7 nitrogen and oxygen atoms in total. The second-order valence-electron chi connectivity index (χ2n) is 4.39. The number of aliphatic hydroxyl groups is 1. The molecular formula is C13H13FN6O. The van der Waals surface area contributed by atoms with Crippen molar-refractivity contribution in [2.45, 2.75) is 0 Å². The second kappa shape index (κ2) is 5.33. The van der Waals surface area contributed by atoms with E-state index in [-0.39, 0.29) is 30.3 Å². The Morgan fingerprint density at radius 3 is 2.90 bits per heavy atom.